The number of nitrogens with one attached hydrogen (secondary N) is 2. The number of hydrogen-bond acceptors (Lipinski definition) is 14. The molecule has 2 fully saturated rings. The lowest BCUT2D eigenvalue weighted by molar-refractivity contribution is -0.126. The third-order valence-electron chi connectivity index (χ3n) is 6.03. The van der Waals surface area contributed by atoms with Crippen LogP contribution < -0.4 is 39.3 Å². The summed E-state index contributed by atoms with van der Waals surface area (Å²) in [5.74, 6) is -1.53. The van der Waals surface area contributed by atoms with Gasteiger partial charge in [-0.3, -0.25) is 30.0 Å². The summed E-state index contributed by atoms with van der Waals surface area (Å²) in [6.45, 7) is 0. The summed E-state index contributed by atoms with van der Waals surface area (Å²) in [7, 11) is 8.41. The summed E-state index contributed by atoms with van der Waals surface area (Å²) in [6.07, 6.45) is 0. The zero-order valence-electron chi connectivity index (χ0n) is 23.9. The van der Waals surface area contributed by atoms with E-state index in [4.69, 9.17) is 52.9 Å². The topological polar surface area (TPSA) is 154 Å². The maximum absolute atomic E-state index is 13.3. The summed E-state index contributed by atoms with van der Waals surface area (Å²) >= 11 is 12.2. The van der Waals surface area contributed by atoms with Gasteiger partial charge in [0.1, 0.15) is 9.81 Å². The van der Waals surface area contributed by atoms with Crippen molar-refractivity contribution in [2.45, 2.75) is 0 Å². The Labute approximate surface area is 270 Å². The average Bonchev–Trinajstić information content (AvgIpc) is 3.47. The first kappa shape index (κ1) is 32.6. The number of hydrogen-bond donors (Lipinski definition) is 2. The minimum absolute atomic E-state index is 0.0440. The van der Waals surface area contributed by atoms with E-state index in [1.807, 2.05) is 0 Å². The highest BCUT2D eigenvalue weighted by atomic mass is 32.2. The fraction of sp³-hybridized carbons (Fsp3) is 0.231. The first-order valence-corrected chi connectivity index (χ1v) is 14.6. The van der Waals surface area contributed by atoms with Gasteiger partial charge >= 0.3 is 0 Å². The molecule has 2 saturated heterocycles. The molecule has 2 aromatic carbocycles. The monoisotopic (exact) mass is 680 g/mol. The third kappa shape index (κ3) is 6.05. The maximum atomic E-state index is 13.3. The predicted octanol–water partition coefficient (Wildman–Crippen LogP) is 2.66. The van der Waals surface area contributed by atoms with Gasteiger partial charge in [0.2, 0.25) is 11.5 Å². The minimum Gasteiger partial charge on any atom is -0.493 e. The smallest absolute Gasteiger partial charge is 0.286 e. The summed E-state index contributed by atoms with van der Waals surface area (Å²) in [4.78, 5) is 52.7. The Bertz CT molecular complexity index is 1460. The molecule has 0 unspecified atom stereocenters. The van der Waals surface area contributed by atoms with Crippen molar-refractivity contribution in [1.29, 1.82) is 0 Å². The van der Waals surface area contributed by atoms with Crippen LogP contribution in [0.25, 0.3) is 0 Å². The predicted molar refractivity (Wildman–Crippen MR) is 168 cm³/mol. The third-order valence-corrected chi connectivity index (χ3v) is 8.90. The Morgan fingerprint density at radius 1 is 0.591 bits per heavy atom. The maximum Gasteiger partial charge on any atom is 0.286 e. The zero-order chi connectivity index (χ0) is 32.3. The van der Waals surface area contributed by atoms with Gasteiger partial charge in [-0.1, -0.05) is 23.5 Å². The van der Waals surface area contributed by atoms with E-state index in [0.29, 0.717) is 0 Å². The molecule has 14 nitrogen and oxygen atoms in total. The van der Waals surface area contributed by atoms with E-state index in [2.05, 4.69) is 10.9 Å². The Hall–Kier alpha value is -4.26. The van der Waals surface area contributed by atoms with Gasteiger partial charge in [-0.05, 0) is 48.7 Å². The van der Waals surface area contributed by atoms with Crippen LogP contribution in [0.1, 0.15) is 20.7 Å². The zero-order valence-corrected chi connectivity index (χ0v) is 27.2. The van der Waals surface area contributed by atoms with E-state index < -0.39 is 23.6 Å². The number of hydrazine groups is 2. The van der Waals surface area contributed by atoms with Crippen LogP contribution in [0.4, 0.5) is 0 Å². The Balaban J connectivity index is 1.54. The molecule has 0 bridgehead atoms. The van der Waals surface area contributed by atoms with Crippen LogP contribution in [-0.4, -0.2) is 84.9 Å². The van der Waals surface area contributed by atoms with Crippen molar-refractivity contribution in [3.05, 3.63) is 45.2 Å². The fourth-order valence-electron chi connectivity index (χ4n) is 3.96. The first-order chi connectivity index (χ1) is 21.0. The van der Waals surface area contributed by atoms with Gasteiger partial charge in [0.15, 0.2) is 31.6 Å². The second-order valence-corrected chi connectivity index (χ2v) is 11.7. The van der Waals surface area contributed by atoms with Gasteiger partial charge in [0.05, 0.1) is 42.7 Å². The summed E-state index contributed by atoms with van der Waals surface area (Å²) in [6, 6.07) is 5.60. The second-order valence-electron chi connectivity index (χ2n) is 8.39. The molecule has 2 aromatic rings. The highest BCUT2D eigenvalue weighted by Crippen LogP contribution is 2.42. The number of amides is 4. The number of carbonyl (C=O) groups excluding carboxylic acids is 4. The second kappa shape index (κ2) is 13.6. The van der Waals surface area contributed by atoms with Crippen molar-refractivity contribution < 1.29 is 47.6 Å². The highest BCUT2D eigenvalue weighted by molar-refractivity contribution is 8.29. The van der Waals surface area contributed by atoms with Crippen LogP contribution in [0.15, 0.2) is 34.1 Å². The van der Waals surface area contributed by atoms with E-state index in [9.17, 15) is 19.2 Å². The molecule has 2 heterocycles. The molecule has 0 spiro atoms. The molecule has 2 aliphatic heterocycles. The molecule has 0 saturated carbocycles. The first-order valence-electron chi connectivity index (χ1n) is 12.1. The van der Waals surface area contributed by atoms with Gasteiger partial charge in [-0.15, -0.1) is 0 Å². The summed E-state index contributed by atoms with van der Waals surface area (Å²) in [5.41, 5.74) is 5.03. The lowest BCUT2D eigenvalue weighted by Crippen LogP contribution is -2.45. The van der Waals surface area contributed by atoms with Gasteiger partial charge in [-0.2, -0.15) is 10.0 Å². The number of methoxy groups -OCH3 is 6. The number of thioether (sulfide) groups is 2. The van der Waals surface area contributed by atoms with Crippen LogP contribution in [0, 0.1) is 0 Å². The number of rotatable bonds is 10. The Morgan fingerprint density at radius 3 is 1.14 bits per heavy atom. The summed E-state index contributed by atoms with van der Waals surface area (Å²) in [5, 5.41) is 1.67. The number of ether oxygens (including phenoxy) is 6. The normalized spacial score (nSPS) is 16.2. The van der Waals surface area contributed by atoms with Crippen LogP contribution in [-0.2, 0) is 9.59 Å². The van der Waals surface area contributed by atoms with Crippen LogP contribution >= 0.6 is 48.0 Å². The molecule has 0 atom stereocenters. The van der Waals surface area contributed by atoms with E-state index >= 15 is 0 Å². The van der Waals surface area contributed by atoms with Gasteiger partial charge in [0, 0.05) is 11.1 Å². The van der Waals surface area contributed by atoms with Crippen molar-refractivity contribution >= 4 is 80.2 Å². The lowest BCUT2D eigenvalue weighted by Gasteiger charge is -2.18. The Kier molecular flexibility index (Phi) is 10.1. The molecular weight excluding hydrogens is 657 g/mol. The van der Waals surface area contributed by atoms with E-state index in [0.717, 1.165) is 33.5 Å². The minimum atomic E-state index is -0.766. The van der Waals surface area contributed by atoms with Crippen molar-refractivity contribution in [3.63, 3.8) is 0 Å². The fourth-order valence-corrected chi connectivity index (χ4v) is 6.47. The van der Waals surface area contributed by atoms with Crippen molar-refractivity contribution in [2.24, 2.45) is 0 Å². The van der Waals surface area contributed by atoms with Crippen molar-refractivity contribution in [3.8, 4) is 34.5 Å². The van der Waals surface area contributed by atoms with Crippen molar-refractivity contribution in [2.75, 3.05) is 42.7 Å². The van der Waals surface area contributed by atoms with Crippen molar-refractivity contribution in [1.82, 2.24) is 20.9 Å². The van der Waals surface area contributed by atoms with Gasteiger partial charge < -0.3 is 28.4 Å². The molecule has 0 aliphatic carbocycles. The molecule has 2 N–H and O–H groups in total. The molecule has 4 amide bonds. The SMILES string of the molecule is COc1cc(C(=O)NN2C(=O)C(=C3SC(=S)N(NC(=O)c4cc(OC)c(OC)c(OC)c4)C3=O)SC2=S)cc(OC)c1OC. The van der Waals surface area contributed by atoms with Crippen LogP contribution in [0.5, 0.6) is 34.5 Å². The highest BCUT2D eigenvalue weighted by Gasteiger charge is 2.43. The number of thiocarbonyl (C=S) groups is 2. The molecule has 4 rings (SSSR count). The number of benzene rings is 2. The molecule has 0 radical (unpaired) electrons. The largest absolute Gasteiger partial charge is 0.493 e. The van der Waals surface area contributed by atoms with E-state index in [1.54, 1.807) is 0 Å². The van der Waals surface area contributed by atoms with Crippen LogP contribution in [0.2, 0.25) is 0 Å². The molecule has 232 valence electrons. The van der Waals surface area contributed by atoms with E-state index in [1.165, 1.54) is 66.9 Å². The molecular formula is C26H24N4O10S4. The Morgan fingerprint density at radius 2 is 0.886 bits per heavy atom. The number of carbonyl (C=O) groups is 4. The lowest BCUT2D eigenvalue weighted by atomic mass is 10.1. The van der Waals surface area contributed by atoms with Gasteiger partial charge in [0.25, 0.3) is 23.6 Å². The average molecular weight is 681 g/mol. The number of nitrogens with zero attached hydrogens (tertiary/aromatic N) is 2. The van der Waals surface area contributed by atoms with Gasteiger partial charge in [-0.25, -0.2) is 0 Å². The molecule has 18 heteroatoms. The quantitative estimate of drug-likeness (QED) is 0.279. The molecule has 2 aliphatic rings. The molecule has 0 aromatic heterocycles. The van der Waals surface area contributed by atoms with E-state index in [-0.39, 0.29) is 64.1 Å². The molecule has 44 heavy (non-hydrogen) atoms. The summed E-state index contributed by atoms with van der Waals surface area (Å²) < 4.78 is 31.6. The standard InChI is InChI=1S/C26H24N4O10S4/c1-35-13-7-11(8-14(36-2)17(13)39-5)21(31)27-29-23(33)19(43-25(29)41)20-24(34)30(26(42)44-20)28-22(32)12-9-15(37-3)18(40-6)16(10-12)38-4/h7-10H,1-6H3,(H,27,31)(H,28,32). The van der Waals surface area contributed by atoms with Crippen LogP contribution in [0.3, 0.4) is 0 Å².